The number of nitrogens with zero attached hydrogens (tertiary/aromatic N) is 2. The lowest BCUT2D eigenvalue weighted by Gasteiger charge is -2.25. The molecule has 1 atom stereocenters. The minimum absolute atomic E-state index is 0.00683. The van der Waals surface area contributed by atoms with E-state index in [1.54, 1.807) is 18.4 Å². The van der Waals surface area contributed by atoms with Crippen molar-refractivity contribution in [3.63, 3.8) is 0 Å². The van der Waals surface area contributed by atoms with Gasteiger partial charge in [-0.1, -0.05) is 42.0 Å². The Hall–Kier alpha value is -2.70. The first kappa shape index (κ1) is 22.0. The van der Waals surface area contributed by atoms with Gasteiger partial charge >= 0.3 is 0 Å². The van der Waals surface area contributed by atoms with Crippen molar-refractivity contribution >= 4 is 17.2 Å². The largest absolute Gasteiger partial charge is 0.497 e. The van der Waals surface area contributed by atoms with Crippen molar-refractivity contribution < 1.29 is 9.53 Å². The summed E-state index contributed by atoms with van der Waals surface area (Å²) < 4.78 is 5.24. The summed E-state index contributed by atoms with van der Waals surface area (Å²) in [6.45, 7) is 4.58. The molecule has 0 bridgehead atoms. The van der Waals surface area contributed by atoms with E-state index in [2.05, 4.69) is 46.4 Å². The van der Waals surface area contributed by atoms with Crippen LogP contribution in [0.4, 0.5) is 0 Å². The van der Waals surface area contributed by atoms with Crippen molar-refractivity contribution in [2.24, 2.45) is 0 Å². The van der Waals surface area contributed by atoms with E-state index in [-0.39, 0.29) is 11.9 Å². The molecule has 1 aromatic heterocycles. The summed E-state index contributed by atoms with van der Waals surface area (Å²) in [4.78, 5) is 20.5. The van der Waals surface area contributed by atoms with Crippen molar-refractivity contribution in [2.45, 2.75) is 26.3 Å². The summed E-state index contributed by atoms with van der Waals surface area (Å²) in [6.07, 6.45) is 0.331. The molecule has 0 saturated carbocycles. The Balaban J connectivity index is 1.68. The maximum atomic E-state index is 12.7. The van der Waals surface area contributed by atoms with Gasteiger partial charge in [0.25, 0.3) is 0 Å². The van der Waals surface area contributed by atoms with E-state index in [9.17, 15) is 4.79 Å². The summed E-state index contributed by atoms with van der Waals surface area (Å²) in [6, 6.07) is 16.3. The van der Waals surface area contributed by atoms with Gasteiger partial charge in [0.1, 0.15) is 5.75 Å². The van der Waals surface area contributed by atoms with Crippen LogP contribution in [0.15, 0.2) is 48.5 Å². The average molecular weight is 424 g/mol. The molecule has 3 aromatic rings. The number of amides is 1. The van der Waals surface area contributed by atoms with Crippen molar-refractivity contribution in [1.29, 1.82) is 0 Å². The minimum Gasteiger partial charge on any atom is -0.497 e. The SMILES string of the molecule is COc1ccc(C(CNC(=O)Cc2sc(C)nc2-c2ccc(C)cc2)N(C)C)cc1. The van der Waals surface area contributed by atoms with E-state index < -0.39 is 0 Å². The van der Waals surface area contributed by atoms with Crippen LogP contribution in [0, 0.1) is 13.8 Å². The normalized spacial score (nSPS) is 12.1. The summed E-state index contributed by atoms with van der Waals surface area (Å²) in [5.74, 6) is 0.830. The van der Waals surface area contributed by atoms with E-state index in [1.807, 2.05) is 45.3 Å². The number of hydrogen-bond donors (Lipinski definition) is 1. The van der Waals surface area contributed by atoms with Crippen LogP contribution in [0.3, 0.4) is 0 Å². The van der Waals surface area contributed by atoms with Gasteiger partial charge in [-0.05, 0) is 45.6 Å². The van der Waals surface area contributed by atoms with Crippen molar-refractivity contribution in [3.05, 3.63) is 69.5 Å². The number of aromatic nitrogens is 1. The summed E-state index contributed by atoms with van der Waals surface area (Å²) in [7, 11) is 5.69. The average Bonchev–Trinajstić information content (AvgIpc) is 3.08. The molecule has 1 N–H and O–H groups in total. The van der Waals surface area contributed by atoms with Crippen LogP contribution in [0.25, 0.3) is 11.3 Å². The lowest BCUT2D eigenvalue weighted by Crippen LogP contribution is -2.35. The highest BCUT2D eigenvalue weighted by atomic mass is 32.1. The molecule has 1 unspecified atom stereocenters. The Morgan fingerprint density at radius 3 is 2.37 bits per heavy atom. The molecule has 30 heavy (non-hydrogen) atoms. The molecule has 2 aromatic carbocycles. The molecule has 0 saturated heterocycles. The monoisotopic (exact) mass is 423 g/mol. The molecule has 0 aliphatic heterocycles. The Morgan fingerprint density at radius 2 is 1.77 bits per heavy atom. The lowest BCUT2D eigenvalue weighted by atomic mass is 10.1. The lowest BCUT2D eigenvalue weighted by molar-refractivity contribution is -0.120. The van der Waals surface area contributed by atoms with Gasteiger partial charge in [-0.15, -0.1) is 11.3 Å². The van der Waals surface area contributed by atoms with Gasteiger partial charge in [0.2, 0.25) is 5.91 Å². The quantitative estimate of drug-likeness (QED) is 0.584. The third-order valence-corrected chi connectivity index (χ3v) is 6.04. The van der Waals surface area contributed by atoms with Gasteiger partial charge in [-0.25, -0.2) is 4.98 Å². The maximum absolute atomic E-state index is 12.7. The standard InChI is InChI=1S/C24H29N3O2S/c1-16-6-8-19(9-7-16)24-22(30-17(2)26-24)14-23(28)25-15-21(27(3)4)18-10-12-20(29-5)13-11-18/h6-13,21H,14-15H2,1-5H3,(H,25,28). The number of benzene rings is 2. The number of carbonyl (C=O) groups is 1. The number of aryl methyl sites for hydroxylation is 2. The molecule has 0 aliphatic rings. The zero-order valence-electron chi connectivity index (χ0n) is 18.2. The van der Waals surface area contributed by atoms with Gasteiger partial charge in [0, 0.05) is 17.0 Å². The highest BCUT2D eigenvalue weighted by Crippen LogP contribution is 2.29. The smallest absolute Gasteiger partial charge is 0.225 e. The predicted octanol–water partition coefficient (Wildman–Crippen LogP) is 4.40. The molecular weight excluding hydrogens is 394 g/mol. The fourth-order valence-corrected chi connectivity index (χ4v) is 4.33. The van der Waals surface area contributed by atoms with E-state index in [1.165, 1.54) is 5.56 Å². The van der Waals surface area contributed by atoms with Crippen molar-refractivity contribution in [1.82, 2.24) is 15.2 Å². The van der Waals surface area contributed by atoms with Crippen molar-refractivity contribution in [2.75, 3.05) is 27.7 Å². The molecule has 5 nitrogen and oxygen atoms in total. The van der Waals surface area contributed by atoms with Gasteiger partial charge in [-0.3, -0.25) is 4.79 Å². The Kier molecular flexibility index (Phi) is 7.24. The number of rotatable bonds is 8. The molecule has 1 heterocycles. The fraction of sp³-hybridized carbons (Fsp3) is 0.333. The van der Waals surface area contributed by atoms with Crippen LogP contribution in [0.5, 0.6) is 5.75 Å². The van der Waals surface area contributed by atoms with E-state index >= 15 is 0 Å². The topological polar surface area (TPSA) is 54.5 Å². The third-order valence-electron chi connectivity index (χ3n) is 5.07. The molecule has 0 radical (unpaired) electrons. The molecule has 158 valence electrons. The number of likely N-dealkylation sites (N-methyl/N-ethyl adjacent to an activating group) is 1. The van der Waals surface area contributed by atoms with Crippen molar-refractivity contribution in [3.8, 4) is 17.0 Å². The van der Waals surface area contributed by atoms with Crippen LogP contribution in [-0.2, 0) is 11.2 Å². The highest BCUT2D eigenvalue weighted by molar-refractivity contribution is 7.12. The van der Waals surface area contributed by atoms with E-state index in [0.717, 1.165) is 32.5 Å². The van der Waals surface area contributed by atoms with Crippen LogP contribution < -0.4 is 10.1 Å². The summed E-state index contributed by atoms with van der Waals surface area (Å²) in [5, 5.41) is 4.07. The molecular formula is C24H29N3O2S. The number of carbonyl (C=O) groups excluding carboxylic acids is 1. The fourth-order valence-electron chi connectivity index (χ4n) is 3.37. The zero-order chi connectivity index (χ0) is 21.7. The van der Waals surface area contributed by atoms with Gasteiger partial charge in [-0.2, -0.15) is 0 Å². The zero-order valence-corrected chi connectivity index (χ0v) is 19.0. The Bertz CT molecular complexity index is 979. The van der Waals surface area contributed by atoms with Gasteiger partial charge in [0.15, 0.2) is 0 Å². The first-order valence-electron chi connectivity index (χ1n) is 9.97. The second kappa shape index (κ2) is 9.87. The second-order valence-corrected chi connectivity index (χ2v) is 8.89. The number of thiazole rings is 1. The van der Waals surface area contributed by atoms with E-state index in [4.69, 9.17) is 4.74 Å². The number of ether oxygens (including phenoxy) is 1. The van der Waals surface area contributed by atoms with Crippen LogP contribution in [0.2, 0.25) is 0 Å². The molecule has 0 spiro atoms. The first-order chi connectivity index (χ1) is 14.4. The molecule has 1 amide bonds. The van der Waals surface area contributed by atoms with Crippen LogP contribution in [-0.4, -0.2) is 43.5 Å². The maximum Gasteiger partial charge on any atom is 0.225 e. The summed E-state index contributed by atoms with van der Waals surface area (Å²) in [5.41, 5.74) is 4.30. The molecule has 3 rings (SSSR count). The third kappa shape index (κ3) is 5.46. The number of hydrogen-bond acceptors (Lipinski definition) is 5. The first-order valence-corrected chi connectivity index (χ1v) is 10.8. The highest BCUT2D eigenvalue weighted by Gasteiger charge is 2.18. The van der Waals surface area contributed by atoms with Crippen LogP contribution >= 0.6 is 11.3 Å². The van der Waals surface area contributed by atoms with Crippen LogP contribution in [0.1, 0.15) is 27.1 Å². The molecule has 0 aliphatic carbocycles. The van der Waals surface area contributed by atoms with Gasteiger partial charge < -0.3 is 15.0 Å². The second-order valence-electron chi connectivity index (χ2n) is 7.60. The predicted molar refractivity (Wildman–Crippen MR) is 123 cm³/mol. The summed E-state index contributed by atoms with van der Waals surface area (Å²) >= 11 is 1.59. The number of methoxy groups -OCH3 is 1. The number of nitrogens with one attached hydrogen (secondary N) is 1. The minimum atomic E-state index is 0.00683. The Morgan fingerprint density at radius 1 is 1.10 bits per heavy atom. The Labute approximate surface area is 182 Å². The molecule has 0 fully saturated rings. The van der Waals surface area contributed by atoms with E-state index in [0.29, 0.717) is 13.0 Å². The van der Waals surface area contributed by atoms with Gasteiger partial charge in [0.05, 0.1) is 30.3 Å². The molecule has 6 heteroatoms.